The van der Waals surface area contributed by atoms with E-state index < -0.39 is 17.5 Å². The molecule has 1 fully saturated rings. The summed E-state index contributed by atoms with van der Waals surface area (Å²) in [6.45, 7) is 0.734. The van der Waals surface area contributed by atoms with Gasteiger partial charge in [-0.05, 0) is 32.4 Å². The third-order valence-electron chi connectivity index (χ3n) is 2.51. The van der Waals surface area contributed by atoms with Crippen LogP contribution in [-0.4, -0.2) is 40.8 Å². The summed E-state index contributed by atoms with van der Waals surface area (Å²) >= 11 is 0. The number of alkyl halides is 2. The van der Waals surface area contributed by atoms with Crippen LogP contribution in [0, 0.1) is 0 Å². The Morgan fingerprint density at radius 3 is 2.57 bits per heavy atom. The molecule has 1 aliphatic rings. The summed E-state index contributed by atoms with van der Waals surface area (Å²) in [5, 5.41) is 20.7. The molecule has 0 aromatic heterocycles. The van der Waals surface area contributed by atoms with Crippen LogP contribution < -0.4 is 5.32 Å². The Hall–Kier alpha value is -0.750. The fourth-order valence-electron chi connectivity index (χ4n) is 1.56. The van der Waals surface area contributed by atoms with Crippen LogP contribution in [-0.2, 0) is 4.79 Å². The highest BCUT2D eigenvalue weighted by Crippen LogP contribution is 2.36. The van der Waals surface area contributed by atoms with Gasteiger partial charge in [0.1, 0.15) is 5.60 Å². The zero-order valence-electron chi connectivity index (χ0n) is 7.59. The summed E-state index contributed by atoms with van der Waals surface area (Å²) in [7, 11) is 0. The molecule has 0 amide bonds. The van der Waals surface area contributed by atoms with E-state index >= 15 is 0 Å². The molecule has 0 aromatic carbocycles. The lowest BCUT2D eigenvalue weighted by molar-refractivity contribution is -0.210. The van der Waals surface area contributed by atoms with E-state index in [0.717, 1.165) is 0 Å². The van der Waals surface area contributed by atoms with Crippen molar-refractivity contribution < 1.29 is 23.8 Å². The van der Waals surface area contributed by atoms with E-state index in [9.17, 15) is 18.7 Å². The highest BCUT2D eigenvalue weighted by Gasteiger charge is 2.58. The van der Waals surface area contributed by atoms with Crippen LogP contribution in [0.4, 0.5) is 8.78 Å². The van der Waals surface area contributed by atoms with Gasteiger partial charge in [0.2, 0.25) is 0 Å². The van der Waals surface area contributed by atoms with Crippen LogP contribution in [0.1, 0.15) is 19.3 Å². The number of carbonyl (C=O) groups is 1. The van der Waals surface area contributed by atoms with Crippen molar-refractivity contribution in [2.24, 2.45) is 0 Å². The van der Waals surface area contributed by atoms with Crippen molar-refractivity contribution in [3.63, 3.8) is 0 Å². The summed E-state index contributed by atoms with van der Waals surface area (Å²) in [4.78, 5) is 10.3. The van der Waals surface area contributed by atoms with Crippen molar-refractivity contribution >= 4 is 5.97 Å². The van der Waals surface area contributed by atoms with E-state index in [0.29, 0.717) is 13.0 Å². The number of carboxylic acids is 1. The maximum atomic E-state index is 13.1. The Morgan fingerprint density at radius 1 is 1.36 bits per heavy atom. The monoisotopic (exact) mass is 209 g/mol. The maximum absolute atomic E-state index is 13.1. The van der Waals surface area contributed by atoms with Crippen LogP contribution in [0.3, 0.4) is 0 Å². The summed E-state index contributed by atoms with van der Waals surface area (Å²) in [5.41, 5.74) is -2.41. The summed E-state index contributed by atoms with van der Waals surface area (Å²) in [5.74, 6) is -6.33. The molecule has 1 atom stereocenters. The zero-order valence-corrected chi connectivity index (χ0v) is 7.59. The molecule has 0 bridgehead atoms. The normalized spacial score (nSPS) is 29.6. The van der Waals surface area contributed by atoms with Crippen LogP contribution in [0.25, 0.3) is 0 Å². The van der Waals surface area contributed by atoms with Crippen molar-refractivity contribution in [2.45, 2.75) is 30.8 Å². The predicted molar refractivity (Wildman–Crippen MR) is 44.3 cm³/mol. The average Bonchev–Trinajstić information content (AvgIpc) is 2.30. The van der Waals surface area contributed by atoms with Crippen LogP contribution in [0.15, 0.2) is 0 Å². The summed E-state index contributed by atoms with van der Waals surface area (Å²) in [6, 6.07) is 0. The van der Waals surface area contributed by atoms with Crippen LogP contribution >= 0.6 is 0 Å². The SMILES string of the molecule is O=C(O)C(F)(F)C1(O)CCCNCC1. The molecule has 0 aliphatic carbocycles. The van der Waals surface area contributed by atoms with Crippen molar-refractivity contribution in [1.82, 2.24) is 5.32 Å². The quantitative estimate of drug-likeness (QED) is 0.608. The number of carboxylic acid groups (broad SMARTS) is 1. The highest BCUT2D eigenvalue weighted by molar-refractivity contribution is 5.77. The molecule has 14 heavy (non-hydrogen) atoms. The fraction of sp³-hybridized carbons (Fsp3) is 0.875. The molecule has 1 unspecified atom stereocenters. The van der Waals surface area contributed by atoms with Crippen molar-refractivity contribution in [3.05, 3.63) is 0 Å². The van der Waals surface area contributed by atoms with Gasteiger partial charge in [-0.25, -0.2) is 4.79 Å². The largest absolute Gasteiger partial charge is 0.477 e. The topological polar surface area (TPSA) is 69.6 Å². The summed E-state index contributed by atoms with van der Waals surface area (Å²) < 4.78 is 26.2. The van der Waals surface area contributed by atoms with Crippen LogP contribution in [0.5, 0.6) is 0 Å². The van der Waals surface area contributed by atoms with Gasteiger partial charge in [0.15, 0.2) is 0 Å². The number of aliphatic carboxylic acids is 1. The lowest BCUT2D eigenvalue weighted by Crippen LogP contribution is -2.53. The minimum Gasteiger partial charge on any atom is -0.477 e. The summed E-state index contributed by atoms with van der Waals surface area (Å²) in [6.07, 6.45) is -0.0923. The lowest BCUT2D eigenvalue weighted by atomic mass is 9.88. The minimum atomic E-state index is -4.07. The van der Waals surface area contributed by atoms with Gasteiger partial charge < -0.3 is 15.5 Å². The van der Waals surface area contributed by atoms with Gasteiger partial charge in [0, 0.05) is 0 Å². The number of aliphatic hydroxyl groups is 1. The molecule has 82 valence electrons. The number of hydrogen-bond acceptors (Lipinski definition) is 3. The van der Waals surface area contributed by atoms with Crippen LogP contribution in [0.2, 0.25) is 0 Å². The first-order chi connectivity index (χ1) is 6.40. The average molecular weight is 209 g/mol. The van der Waals surface area contributed by atoms with E-state index in [-0.39, 0.29) is 19.4 Å². The first-order valence-corrected chi connectivity index (χ1v) is 4.44. The van der Waals surface area contributed by atoms with E-state index in [1.54, 1.807) is 0 Å². The third kappa shape index (κ3) is 1.85. The highest BCUT2D eigenvalue weighted by atomic mass is 19.3. The third-order valence-corrected chi connectivity index (χ3v) is 2.51. The molecule has 0 aromatic rings. The van der Waals surface area contributed by atoms with Gasteiger partial charge in [0.05, 0.1) is 0 Å². The molecule has 6 heteroatoms. The molecule has 0 spiro atoms. The second kappa shape index (κ2) is 3.78. The van der Waals surface area contributed by atoms with E-state index in [2.05, 4.69) is 5.32 Å². The zero-order chi connectivity index (χ0) is 10.8. The molecule has 1 rings (SSSR count). The Balaban J connectivity index is 2.85. The van der Waals surface area contributed by atoms with Gasteiger partial charge >= 0.3 is 11.9 Å². The van der Waals surface area contributed by atoms with Crippen molar-refractivity contribution in [1.29, 1.82) is 0 Å². The Kier molecular flexibility index (Phi) is 3.06. The molecular formula is C8H13F2NO3. The van der Waals surface area contributed by atoms with E-state index in [1.165, 1.54) is 0 Å². The molecule has 1 heterocycles. The molecule has 1 saturated heterocycles. The fourth-order valence-corrected chi connectivity index (χ4v) is 1.56. The van der Waals surface area contributed by atoms with Gasteiger partial charge in [-0.1, -0.05) is 0 Å². The second-order valence-corrected chi connectivity index (χ2v) is 3.51. The molecular weight excluding hydrogens is 196 g/mol. The molecule has 0 radical (unpaired) electrons. The van der Waals surface area contributed by atoms with Crippen molar-refractivity contribution in [3.8, 4) is 0 Å². The lowest BCUT2D eigenvalue weighted by Gasteiger charge is -2.31. The molecule has 4 nitrogen and oxygen atoms in total. The molecule has 0 saturated carbocycles. The number of rotatable bonds is 2. The standard InChI is InChI=1S/C8H13F2NO3/c9-8(10,6(12)13)7(14)2-1-4-11-5-3-7/h11,14H,1-5H2,(H,12,13). The first kappa shape index (κ1) is 11.3. The van der Waals surface area contributed by atoms with Crippen molar-refractivity contribution in [2.75, 3.05) is 13.1 Å². The van der Waals surface area contributed by atoms with Gasteiger partial charge in [-0.2, -0.15) is 8.78 Å². The first-order valence-electron chi connectivity index (χ1n) is 4.44. The minimum absolute atomic E-state index is 0.195. The van der Waals surface area contributed by atoms with Gasteiger partial charge in [0.25, 0.3) is 0 Å². The Labute approximate surface area is 79.9 Å². The molecule has 1 aliphatic heterocycles. The maximum Gasteiger partial charge on any atom is 0.377 e. The van der Waals surface area contributed by atoms with E-state index in [1.807, 2.05) is 0 Å². The molecule has 3 N–H and O–H groups in total. The predicted octanol–water partition coefficient (Wildman–Crippen LogP) is 0.211. The van der Waals surface area contributed by atoms with Gasteiger partial charge in [-0.3, -0.25) is 0 Å². The van der Waals surface area contributed by atoms with E-state index in [4.69, 9.17) is 5.11 Å². The smallest absolute Gasteiger partial charge is 0.377 e. The number of nitrogens with one attached hydrogen (secondary N) is 1. The van der Waals surface area contributed by atoms with Gasteiger partial charge in [-0.15, -0.1) is 0 Å². The Morgan fingerprint density at radius 2 is 2.00 bits per heavy atom. The Bertz CT molecular complexity index is 225. The number of halogens is 2. The number of hydrogen-bond donors (Lipinski definition) is 3. The second-order valence-electron chi connectivity index (χ2n) is 3.51.